The van der Waals surface area contributed by atoms with Crippen molar-refractivity contribution in [3.05, 3.63) is 100 Å². The number of furan rings is 1. The number of carbonyl (C=O) groups excluding carboxylic acids is 2. The topological polar surface area (TPSA) is 62.6 Å². The third-order valence-corrected chi connectivity index (χ3v) is 5.50. The van der Waals surface area contributed by atoms with Gasteiger partial charge in [0.1, 0.15) is 11.5 Å². The van der Waals surface area contributed by atoms with Crippen molar-refractivity contribution < 1.29 is 14.0 Å². The zero-order valence-electron chi connectivity index (χ0n) is 17.1. The number of rotatable bonds is 4. The van der Waals surface area contributed by atoms with Gasteiger partial charge in [0.25, 0.3) is 11.8 Å². The number of aryl methyl sites for hydroxylation is 2. The van der Waals surface area contributed by atoms with E-state index in [4.69, 9.17) is 4.42 Å². The van der Waals surface area contributed by atoms with Gasteiger partial charge in [-0.05, 0) is 66.8 Å². The fraction of sp³-hybridized carbons (Fsp3) is 0.200. The van der Waals surface area contributed by atoms with Crippen molar-refractivity contribution in [3.63, 3.8) is 0 Å². The lowest BCUT2D eigenvalue weighted by molar-refractivity contribution is -0.128. The summed E-state index contributed by atoms with van der Waals surface area (Å²) in [6, 6.07) is 17.1. The molecule has 5 nitrogen and oxygen atoms in total. The van der Waals surface area contributed by atoms with Crippen LogP contribution in [0, 0.1) is 13.8 Å². The molecule has 152 valence electrons. The van der Waals surface area contributed by atoms with Crippen LogP contribution < -0.4 is 5.32 Å². The van der Waals surface area contributed by atoms with E-state index in [0.29, 0.717) is 24.4 Å². The van der Waals surface area contributed by atoms with Gasteiger partial charge in [0.05, 0.1) is 6.26 Å². The summed E-state index contributed by atoms with van der Waals surface area (Å²) in [7, 11) is 0. The predicted octanol–water partition coefficient (Wildman–Crippen LogP) is 4.25. The minimum absolute atomic E-state index is 0.201. The highest BCUT2D eigenvalue weighted by molar-refractivity contribution is 6.05. The van der Waals surface area contributed by atoms with Gasteiger partial charge < -0.3 is 14.6 Å². The molecule has 1 aromatic heterocycles. The summed E-state index contributed by atoms with van der Waals surface area (Å²) in [5.74, 6) is -0.0316. The number of amides is 2. The summed E-state index contributed by atoms with van der Waals surface area (Å²) >= 11 is 0. The van der Waals surface area contributed by atoms with Crippen molar-refractivity contribution in [2.45, 2.75) is 26.8 Å². The van der Waals surface area contributed by atoms with Crippen LogP contribution in [0.25, 0.3) is 6.08 Å². The largest absolute Gasteiger partial charge is 0.465 e. The molecule has 0 saturated heterocycles. The molecule has 0 saturated carbocycles. The average molecular weight is 400 g/mol. The van der Waals surface area contributed by atoms with Crippen molar-refractivity contribution in [1.82, 2.24) is 10.2 Å². The minimum atomic E-state index is -0.318. The van der Waals surface area contributed by atoms with Crippen LogP contribution >= 0.6 is 0 Å². The Hall–Kier alpha value is -3.60. The maximum absolute atomic E-state index is 13.3. The first-order valence-electron chi connectivity index (χ1n) is 10.0. The summed E-state index contributed by atoms with van der Waals surface area (Å²) in [6.07, 6.45) is 3.92. The molecule has 1 aliphatic heterocycles. The molecule has 0 unspecified atom stereocenters. The second-order valence-corrected chi connectivity index (χ2v) is 7.57. The lowest BCUT2D eigenvalue weighted by Crippen LogP contribution is -2.41. The van der Waals surface area contributed by atoms with Crippen LogP contribution in [0.4, 0.5) is 0 Å². The van der Waals surface area contributed by atoms with Crippen LogP contribution in [0.3, 0.4) is 0 Å². The standard InChI is InChI=1S/C25H24N2O3/c1-17-9-10-20(14-18(17)2)24(28)26-23(15-22-8-5-13-30-22)25(29)27-12-11-19-6-3-4-7-21(19)16-27/h3-10,13-15H,11-12,16H2,1-2H3,(H,26,28). The van der Waals surface area contributed by atoms with Crippen LogP contribution in [-0.2, 0) is 17.8 Å². The highest BCUT2D eigenvalue weighted by Gasteiger charge is 2.25. The number of carbonyl (C=O) groups is 2. The molecule has 0 fully saturated rings. The second-order valence-electron chi connectivity index (χ2n) is 7.57. The fourth-order valence-electron chi connectivity index (χ4n) is 3.58. The van der Waals surface area contributed by atoms with E-state index >= 15 is 0 Å². The molecule has 2 aromatic carbocycles. The zero-order chi connectivity index (χ0) is 21.1. The number of fused-ring (bicyclic) bond motifs is 1. The van der Waals surface area contributed by atoms with Crippen molar-refractivity contribution in [2.24, 2.45) is 0 Å². The number of nitrogens with zero attached hydrogens (tertiary/aromatic N) is 1. The Labute approximate surface area is 176 Å². The number of nitrogens with one attached hydrogen (secondary N) is 1. The molecule has 0 aliphatic carbocycles. The van der Waals surface area contributed by atoms with Crippen LogP contribution in [0.15, 0.2) is 71.0 Å². The second kappa shape index (κ2) is 8.41. The van der Waals surface area contributed by atoms with Crippen molar-refractivity contribution in [2.75, 3.05) is 6.54 Å². The molecule has 30 heavy (non-hydrogen) atoms. The molecule has 0 atom stereocenters. The van der Waals surface area contributed by atoms with E-state index in [-0.39, 0.29) is 17.5 Å². The molecule has 0 spiro atoms. The zero-order valence-corrected chi connectivity index (χ0v) is 17.1. The van der Waals surface area contributed by atoms with E-state index in [1.54, 1.807) is 29.2 Å². The van der Waals surface area contributed by atoms with Crippen molar-refractivity contribution >= 4 is 17.9 Å². The molecular weight excluding hydrogens is 376 g/mol. The van der Waals surface area contributed by atoms with Gasteiger partial charge in [-0.1, -0.05) is 30.3 Å². The van der Waals surface area contributed by atoms with Gasteiger partial charge in [-0.25, -0.2) is 0 Å². The summed E-state index contributed by atoms with van der Waals surface area (Å²) in [5.41, 5.74) is 5.25. The lowest BCUT2D eigenvalue weighted by Gasteiger charge is -2.29. The van der Waals surface area contributed by atoms with Crippen LogP contribution in [0.1, 0.15) is 38.4 Å². The fourth-order valence-corrected chi connectivity index (χ4v) is 3.58. The van der Waals surface area contributed by atoms with Gasteiger partial charge in [0.15, 0.2) is 0 Å². The Bertz CT molecular complexity index is 1110. The first-order chi connectivity index (χ1) is 14.5. The summed E-state index contributed by atoms with van der Waals surface area (Å²) < 4.78 is 5.38. The van der Waals surface area contributed by atoms with E-state index in [0.717, 1.165) is 23.1 Å². The molecular formula is C25H24N2O3. The number of hydrogen-bond acceptors (Lipinski definition) is 3. The Kier molecular flexibility index (Phi) is 5.53. The molecule has 2 amide bonds. The van der Waals surface area contributed by atoms with E-state index < -0.39 is 0 Å². The van der Waals surface area contributed by atoms with E-state index in [1.807, 2.05) is 44.2 Å². The molecule has 3 aromatic rings. The first-order valence-corrected chi connectivity index (χ1v) is 10.0. The monoisotopic (exact) mass is 400 g/mol. The Morgan fingerprint density at radius 2 is 1.80 bits per heavy atom. The van der Waals surface area contributed by atoms with Crippen LogP contribution in [-0.4, -0.2) is 23.3 Å². The molecule has 0 radical (unpaired) electrons. The SMILES string of the molecule is Cc1ccc(C(=O)NC(=Cc2ccco2)C(=O)N2CCc3ccccc3C2)cc1C. The molecule has 5 heteroatoms. The Morgan fingerprint density at radius 3 is 2.53 bits per heavy atom. The van der Waals surface area contributed by atoms with Gasteiger partial charge >= 0.3 is 0 Å². The first kappa shape index (κ1) is 19.7. The maximum atomic E-state index is 13.3. The summed E-state index contributed by atoms with van der Waals surface area (Å²) in [5, 5.41) is 2.81. The van der Waals surface area contributed by atoms with Gasteiger partial charge in [-0.15, -0.1) is 0 Å². The van der Waals surface area contributed by atoms with Crippen LogP contribution in [0.5, 0.6) is 0 Å². The van der Waals surface area contributed by atoms with E-state index in [1.165, 1.54) is 11.8 Å². The minimum Gasteiger partial charge on any atom is -0.465 e. The normalized spacial score (nSPS) is 13.7. The molecule has 1 aliphatic rings. The van der Waals surface area contributed by atoms with Gasteiger partial charge in [-0.3, -0.25) is 9.59 Å². The molecule has 4 rings (SSSR count). The predicted molar refractivity (Wildman–Crippen MR) is 116 cm³/mol. The maximum Gasteiger partial charge on any atom is 0.270 e. The van der Waals surface area contributed by atoms with E-state index in [9.17, 15) is 9.59 Å². The average Bonchev–Trinajstić information content (AvgIpc) is 3.27. The van der Waals surface area contributed by atoms with E-state index in [2.05, 4.69) is 11.4 Å². The van der Waals surface area contributed by atoms with Crippen molar-refractivity contribution in [3.8, 4) is 0 Å². The quantitative estimate of drug-likeness (QED) is 0.666. The Balaban J connectivity index is 1.59. The smallest absolute Gasteiger partial charge is 0.270 e. The lowest BCUT2D eigenvalue weighted by atomic mass is 9.99. The number of benzene rings is 2. The Morgan fingerprint density at radius 1 is 1.00 bits per heavy atom. The third-order valence-electron chi connectivity index (χ3n) is 5.50. The molecule has 0 bridgehead atoms. The molecule has 1 N–H and O–H groups in total. The molecule has 2 heterocycles. The highest BCUT2D eigenvalue weighted by atomic mass is 16.3. The van der Waals surface area contributed by atoms with Crippen LogP contribution in [0.2, 0.25) is 0 Å². The van der Waals surface area contributed by atoms with Gasteiger partial charge in [0, 0.05) is 24.7 Å². The summed E-state index contributed by atoms with van der Waals surface area (Å²) in [4.78, 5) is 28.0. The third kappa shape index (κ3) is 4.20. The summed E-state index contributed by atoms with van der Waals surface area (Å²) in [6.45, 7) is 5.08. The van der Waals surface area contributed by atoms with Gasteiger partial charge in [-0.2, -0.15) is 0 Å². The highest BCUT2D eigenvalue weighted by Crippen LogP contribution is 2.21. The van der Waals surface area contributed by atoms with Gasteiger partial charge in [0.2, 0.25) is 0 Å². The number of hydrogen-bond donors (Lipinski definition) is 1. The van der Waals surface area contributed by atoms with Crippen molar-refractivity contribution in [1.29, 1.82) is 0 Å².